The SMILES string of the molecule is CCCCCCCCCCCCCCCCCCC1=NC(C)(C)CC(C)O1. The molecule has 1 aliphatic heterocycles. The van der Waals surface area contributed by atoms with Gasteiger partial charge in [0.1, 0.15) is 0 Å². The standard InChI is InChI=1S/C25H49NO/c1-5-6-7-8-9-10-11-12-13-14-15-16-17-18-19-20-21-24-26-25(3,4)22-23(2)27-24/h23H,5-22H2,1-4H3. The molecule has 160 valence electrons. The molecule has 1 aliphatic rings. The molecule has 0 aliphatic carbocycles. The molecular weight excluding hydrogens is 330 g/mol. The van der Waals surface area contributed by atoms with Crippen LogP contribution in [0.1, 0.15) is 143 Å². The van der Waals surface area contributed by atoms with Gasteiger partial charge in [0.15, 0.2) is 5.90 Å². The van der Waals surface area contributed by atoms with Gasteiger partial charge in [0.05, 0.1) is 11.6 Å². The maximum atomic E-state index is 5.90. The smallest absolute Gasteiger partial charge is 0.183 e. The van der Waals surface area contributed by atoms with Gasteiger partial charge in [0.2, 0.25) is 0 Å². The van der Waals surface area contributed by atoms with Gasteiger partial charge in [0.25, 0.3) is 0 Å². The van der Waals surface area contributed by atoms with Crippen LogP contribution in [0.5, 0.6) is 0 Å². The molecule has 0 saturated heterocycles. The Balaban J connectivity index is 1.81. The maximum Gasteiger partial charge on any atom is 0.183 e. The first-order chi connectivity index (χ1) is 13.0. The number of rotatable bonds is 17. The summed E-state index contributed by atoms with van der Waals surface area (Å²) in [6.45, 7) is 8.91. The molecule has 2 heteroatoms. The summed E-state index contributed by atoms with van der Waals surface area (Å²) in [5, 5.41) is 0. The van der Waals surface area contributed by atoms with Crippen LogP contribution in [0.25, 0.3) is 0 Å². The van der Waals surface area contributed by atoms with E-state index in [1.54, 1.807) is 0 Å². The van der Waals surface area contributed by atoms with E-state index in [2.05, 4.69) is 27.7 Å². The molecule has 0 aromatic heterocycles. The molecule has 27 heavy (non-hydrogen) atoms. The average Bonchev–Trinajstić information content (AvgIpc) is 2.59. The highest BCUT2D eigenvalue weighted by Gasteiger charge is 2.27. The van der Waals surface area contributed by atoms with Crippen molar-refractivity contribution in [1.29, 1.82) is 0 Å². The summed E-state index contributed by atoms with van der Waals surface area (Å²) >= 11 is 0. The third-order valence-electron chi connectivity index (χ3n) is 5.80. The normalized spacial score (nSPS) is 19.0. The Kier molecular flexibility index (Phi) is 14.0. The zero-order valence-corrected chi connectivity index (χ0v) is 19.2. The predicted molar refractivity (Wildman–Crippen MR) is 121 cm³/mol. The fourth-order valence-corrected chi connectivity index (χ4v) is 4.33. The molecule has 0 bridgehead atoms. The zero-order chi connectivity index (χ0) is 19.8. The van der Waals surface area contributed by atoms with Crippen LogP contribution in [-0.4, -0.2) is 17.5 Å². The second-order valence-electron chi connectivity index (χ2n) is 9.50. The summed E-state index contributed by atoms with van der Waals surface area (Å²) < 4.78 is 5.90. The molecule has 0 amide bonds. The van der Waals surface area contributed by atoms with Gasteiger partial charge in [-0.2, -0.15) is 0 Å². The zero-order valence-electron chi connectivity index (χ0n) is 19.2. The molecule has 0 aromatic carbocycles. The first-order valence-corrected chi connectivity index (χ1v) is 12.3. The van der Waals surface area contributed by atoms with Gasteiger partial charge >= 0.3 is 0 Å². The average molecular weight is 380 g/mol. The Morgan fingerprint density at radius 2 is 1.15 bits per heavy atom. The highest BCUT2D eigenvalue weighted by atomic mass is 16.5. The van der Waals surface area contributed by atoms with Crippen LogP contribution < -0.4 is 0 Å². The van der Waals surface area contributed by atoms with Crippen LogP contribution in [0.4, 0.5) is 0 Å². The molecule has 2 nitrogen and oxygen atoms in total. The summed E-state index contributed by atoms with van der Waals surface area (Å²) in [6, 6.07) is 0. The number of unbranched alkanes of at least 4 members (excludes halogenated alkanes) is 15. The first-order valence-electron chi connectivity index (χ1n) is 12.3. The van der Waals surface area contributed by atoms with Gasteiger partial charge in [-0.1, -0.05) is 103 Å². The fourth-order valence-electron chi connectivity index (χ4n) is 4.33. The molecule has 0 N–H and O–H groups in total. The van der Waals surface area contributed by atoms with Gasteiger partial charge in [0, 0.05) is 12.8 Å². The maximum absolute atomic E-state index is 5.90. The summed E-state index contributed by atoms with van der Waals surface area (Å²) in [5.41, 5.74) is 0.0715. The lowest BCUT2D eigenvalue weighted by Gasteiger charge is -2.31. The van der Waals surface area contributed by atoms with E-state index in [9.17, 15) is 0 Å². The van der Waals surface area contributed by atoms with E-state index in [4.69, 9.17) is 9.73 Å². The van der Waals surface area contributed by atoms with Crippen LogP contribution >= 0.6 is 0 Å². The van der Waals surface area contributed by atoms with Crippen LogP contribution in [0.2, 0.25) is 0 Å². The van der Waals surface area contributed by atoms with E-state index in [-0.39, 0.29) is 5.54 Å². The lowest BCUT2D eigenvalue weighted by Crippen LogP contribution is -2.33. The molecule has 1 heterocycles. The molecule has 0 radical (unpaired) electrons. The number of ether oxygens (including phenoxy) is 1. The van der Waals surface area contributed by atoms with Gasteiger partial charge in [-0.05, 0) is 27.2 Å². The van der Waals surface area contributed by atoms with Crippen molar-refractivity contribution in [2.45, 2.75) is 155 Å². The first kappa shape index (κ1) is 24.5. The summed E-state index contributed by atoms with van der Waals surface area (Å²) in [6.07, 6.45) is 25.1. The Morgan fingerprint density at radius 3 is 1.56 bits per heavy atom. The lowest BCUT2D eigenvalue weighted by molar-refractivity contribution is 0.139. The van der Waals surface area contributed by atoms with Crippen molar-refractivity contribution in [1.82, 2.24) is 0 Å². The van der Waals surface area contributed by atoms with Crippen molar-refractivity contribution in [3.05, 3.63) is 0 Å². The fraction of sp³-hybridized carbons (Fsp3) is 0.960. The number of hydrogen-bond acceptors (Lipinski definition) is 2. The predicted octanol–water partition coefficient (Wildman–Crippen LogP) is 8.62. The van der Waals surface area contributed by atoms with Gasteiger partial charge in [-0.25, -0.2) is 4.99 Å². The minimum absolute atomic E-state index is 0.0715. The second-order valence-corrected chi connectivity index (χ2v) is 9.50. The van der Waals surface area contributed by atoms with Gasteiger partial charge in [-0.15, -0.1) is 0 Å². The summed E-state index contributed by atoms with van der Waals surface area (Å²) in [4.78, 5) is 4.77. The van der Waals surface area contributed by atoms with E-state index < -0.39 is 0 Å². The molecular formula is C25H49NO. The van der Waals surface area contributed by atoms with E-state index in [1.165, 1.54) is 103 Å². The van der Waals surface area contributed by atoms with Crippen molar-refractivity contribution in [2.75, 3.05) is 0 Å². The van der Waals surface area contributed by atoms with Gasteiger partial charge in [-0.3, -0.25) is 0 Å². The minimum atomic E-state index is 0.0715. The Morgan fingerprint density at radius 1 is 0.741 bits per heavy atom. The lowest BCUT2D eigenvalue weighted by atomic mass is 9.96. The van der Waals surface area contributed by atoms with Crippen molar-refractivity contribution in [2.24, 2.45) is 4.99 Å². The highest BCUT2D eigenvalue weighted by molar-refractivity contribution is 5.77. The Hall–Kier alpha value is -0.530. The monoisotopic (exact) mass is 379 g/mol. The van der Waals surface area contributed by atoms with Crippen LogP contribution in [0.15, 0.2) is 4.99 Å². The minimum Gasteiger partial charge on any atom is -0.478 e. The summed E-state index contributed by atoms with van der Waals surface area (Å²) in [5.74, 6) is 1.00. The van der Waals surface area contributed by atoms with Gasteiger partial charge < -0.3 is 4.74 Å². The van der Waals surface area contributed by atoms with E-state index in [0.29, 0.717) is 6.10 Å². The topological polar surface area (TPSA) is 21.6 Å². The van der Waals surface area contributed by atoms with E-state index >= 15 is 0 Å². The van der Waals surface area contributed by atoms with Crippen molar-refractivity contribution in [3.8, 4) is 0 Å². The third kappa shape index (κ3) is 14.2. The molecule has 1 unspecified atom stereocenters. The van der Waals surface area contributed by atoms with Crippen LogP contribution in [-0.2, 0) is 4.74 Å². The van der Waals surface area contributed by atoms with Crippen LogP contribution in [0, 0.1) is 0 Å². The quantitative estimate of drug-likeness (QED) is 0.232. The van der Waals surface area contributed by atoms with Crippen molar-refractivity contribution >= 4 is 5.90 Å². The number of nitrogens with zero attached hydrogens (tertiary/aromatic N) is 1. The Labute approximate surface area is 171 Å². The van der Waals surface area contributed by atoms with E-state index in [0.717, 1.165) is 18.7 Å². The second kappa shape index (κ2) is 15.4. The molecule has 0 aromatic rings. The molecule has 1 rings (SSSR count). The van der Waals surface area contributed by atoms with Crippen LogP contribution in [0.3, 0.4) is 0 Å². The Bertz CT molecular complexity index is 375. The van der Waals surface area contributed by atoms with E-state index in [1.807, 2.05) is 0 Å². The largest absolute Gasteiger partial charge is 0.478 e. The molecule has 0 fully saturated rings. The number of hydrogen-bond donors (Lipinski definition) is 0. The van der Waals surface area contributed by atoms with Crippen molar-refractivity contribution < 1.29 is 4.74 Å². The molecule has 0 spiro atoms. The van der Waals surface area contributed by atoms with Crippen molar-refractivity contribution in [3.63, 3.8) is 0 Å². The third-order valence-corrected chi connectivity index (χ3v) is 5.80. The molecule has 0 saturated carbocycles. The molecule has 1 atom stereocenters. The number of aliphatic imine (C=N–C) groups is 1. The highest BCUT2D eigenvalue weighted by Crippen LogP contribution is 2.25. The summed E-state index contributed by atoms with van der Waals surface area (Å²) in [7, 11) is 0.